The maximum absolute atomic E-state index is 12.7. The van der Waals surface area contributed by atoms with Crippen molar-refractivity contribution in [3.05, 3.63) is 65.9 Å². The number of benzene rings is 2. The van der Waals surface area contributed by atoms with Gasteiger partial charge < -0.3 is 19.9 Å². The largest absolute Gasteiger partial charge is 0.465 e. The van der Waals surface area contributed by atoms with Crippen molar-refractivity contribution in [2.24, 2.45) is 5.92 Å². The topological polar surface area (TPSA) is 91.5 Å². The molecule has 1 fully saturated rings. The Kier molecular flexibility index (Phi) is 4.57. The number of hydrogen-bond acceptors (Lipinski definition) is 4. The predicted octanol–water partition coefficient (Wildman–Crippen LogP) is 2.67. The van der Waals surface area contributed by atoms with E-state index in [-0.39, 0.29) is 17.7 Å². The number of aromatic nitrogens is 1. The van der Waals surface area contributed by atoms with Crippen LogP contribution in [0.4, 0.5) is 5.69 Å². The number of esters is 1. The van der Waals surface area contributed by atoms with Gasteiger partial charge in [0.1, 0.15) is 0 Å². The number of amides is 2. The molecule has 0 radical (unpaired) electrons. The summed E-state index contributed by atoms with van der Waals surface area (Å²) in [7, 11) is 1.32. The minimum atomic E-state index is -0.427. The molecule has 28 heavy (non-hydrogen) atoms. The van der Waals surface area contributed by atoms with Crippen molar-refractivity contribution in [2.45, 2.75) is 0 Å². The van der Waals surface area contributed by atoms with E-state index < -0.39 is 5.97 Å². The first-order valence-electron chi connectivity index (χ1n) is 8.91. The first-order valence-corrected chi connectivity index (χ1v) is 8.91. The molecule has 3 aromatic rings. The molecule has 2 amide bonds. The summed E-state index contributed by atoms with van der Waals surface area (Å²) in [4.78, 5) is 41.3. The molecule has 1 saturated heterocycles. The van der Waals surface area contributed by atoms with Gasteiger partial charge in [0.15, 0.2) is 0 Å². The zero-order valence-corrected chi connectivity index (χ0v) is 15.3. The molecule has 7 nitrogen and oxygen atoms in total. The van der Waals surface area contributed by atoms with Crippen molar-refractivity contribution in [3.63, 3.8) is 0 Å². The van der Waals surface area contributed by atoms with Gasteiger partial charge in [0.05, 0.1) is 24.2 Å². The Balaban J connectivity index is 1.35. The van der Waals surface area contributed by atoms with Gasteiger partial charge in [-0.15, -0.1) is 0 Å². The summed E-state index contributed by atoms with van der Waals surface area (Å²) in [6, 6.07) is 14.1. The number of carbonyl (C=O) groups is 3. The van der Waals surface area contributed by atoms with Gasteiger partial charge in [-0.1, -0.05) is 18.2 Å². The monoisotopic (exact) mass is 377 g/mol. The summed E-state index contributed by atoms with van der Waals surface area (Å²) in [5.74, 6) is -0.907. The molecule has 0 aliphatic carbocycles. The number of aromatic amines is 1. The quantitative estimate of drug-likeness (QED) is 0.684. The maximum Gasteiger partial charge on any atom is 0.337 e. The summed E-state index contributed by atoms with van der Waals surface area (Å²) in [5, 5.41) is 3.70. The Morgan fingerprint density at radius 3 is 2.50 bits per heavy atom. The third-order valence-electron chi connectivity index (χ3n) is 4.93. The smallest absolute Gasteiger partial charge is 0.337 e. The number of nitrogens with zero attached hydrogens (tertiary/aromatic N) is 1. The summed E-state index contributed by atoms with van der Waals surface area (Å²) in [5.41, 5.74) is 2.54. The van der Waals surface area contributed by atoms with Crippen molar-refractivity contribution >= 4 is 34.4 Å². The van der Waals surface area contributed by atoms with Gasteiger partial charge in [0.25, 0.3) is 5.91 Å². The molecular formula is C21H19N3O4. The number of carbonyl (C=O) groups excluding carboxylic acids is 3. The first kappa shape index (κ1) is 17.8. The van der Waals surface area contributed by atoms with E-state index in [1.165, 1.54) is 7.11 Å². The molecule has 0 unspecified atom stereocenters. The van der Waals surface area contributed by atoms with E-state index in [1.807, 2.05) is 24.3 Å². The van der Waals surface area contributed by atoms with E-state index in [0.29, 0.717) is 29.9 Å². The molecule has 4 rings (SSSR count). The van der Waals surface area contributed by atoms with Crippen LogP contribution < -0.4 is 5.32 Å². The van der Waals surface area contributed by atoms with Crippen molar-refractivity contribution < 1.29 is 19.1 Å². The summed E-state index contributed by atoms with van der Waals surface area (Å²) >= 11 is 0. The van der Waals surface area contributed by atoms with Crippen LogP contribution in [0.15, 0.2) is 54.7 Å². The lowest BCUT2D eigenvalue weighted by molar-refractivity contribution is -0.123. The molecule has 142 valence electrons. The van der Waals surface area contributed by atoms with Gasteiger partial charge in [-0.2, -0.15) is 0 Å². The highest BCUT2D eigenvalue weighted by atomic mass is 16.5. The highest BCUT2D eigenvalue weighted by Crippen LogP contribution is 2.25. The van der Waals surface area contributed by atoms with Gasteiger partial charge in [-0.05, 0) is 30.3 Å². The highest BCUT2D eigenvalue weighted by molar-refractivity contribution is 6.07. The van der Waals surface area contributed by atoms with Gasteiger partial charge in [-0.25, -0.2) is 4.79 Å². The second-order valence-corrected chi connectivity index (χ2v) is 6.71. The van der Waals surface area contributed by atoms with Crippen molar-refractivity contribution in [3.8, 4) is 0 Å². The van der Waals surface area contributed by atoms with Crippen LogP contribution in [0.3, 0.4) is 0 Å². The van der Waals surface area contributed by atoms with Crippen molar-refractivity contribution in [1.29, 1.82) is 0 Å². The molecule has 1 aliphatic heterocycles. The number of ether oxygens (including phenoxy) is 1. The second kappa shape index (κ2) is 7.19. The minimum Gasteiger partial charge on any atom is -0.465 e. The van der Waals surface area contributed by atoms with Crippen LogP contribution in [0.1, 0.15) is 20.7 Å². The van der Waals surface area contributed by atoms with E-state index in [4.69, 9.17) is 0 Å². The Hall–Kier alpha value is -3.61. The normalized spacial score (nSPS) is 13.8. The lowest BCUT2D eigenvalue weighted by Crippen LogP contribution is -2.54. The summed E-state index contributed by atoms with van der Waals surface area (Å²) < 4.78 is 4.65. The van der Waals surface area contributed by atoms with Crippen LogP contribution in [0.5, 0.6) is 0 Å². The third-order valence-corrected chi connectivity index (χ3v) is 4.93. The Morgan fingerprint density at radius 2 is 1.79 bits per heavy atom. The molecule has 0 bridgehead atoms. The number of methoxy groups -OCH3 is 1. The fraction of sp³-hybridized carbons (Fsp3) is 0.190. The molecule has 2 aromatic carbocycles. The van der Waals surface area contributed by atoms with Crippen LogP contribution in [0.2, 0.25) is 0 Å². The van der Waals surface area contributed by atoms with Crippen LogP contribution in [0, 0.1) is 5.92 Å². The molecule has 2 heterocycles. The molecule has 2 N–H and O–H groups in total. The van der Waals surface area contributed by atoms with Crippen molar-refractivity contribution in [1.82, 2.24) is 9.88 Å². The number of likely N-dealkylation sites (tertiary alicyclic amines) is 1. The standard InChI is InChI=1S/C21H19N3O4/c1-28-21(27)13-6-8-15(9-7-13)23-19(25)14-11-24(12-14)20(26)17-10-22-18-5-3-2-4-16(17)18/h2-10,14,22H,11-12H2,1H3,(H,23,25). The average molecular weight is 377 g/mol. The lowest BCUT2D eigenvalue weighted by atomic mass is 9.97. The summed E-state index contributed by atoms with van der Waals surface area (Å²) in [6.45, 7) is 0.759. The molecule has 0 spiro atoms. The van der Waals surface area contributed by atoms with Gasteiger partial charge in [-0.3, -0.25) is 9.59 Å². The van der Waals surface area contributed by atoms with E-state index in [2.05, 4.69) is 15.0 Å². The lowest BCUT2D eigenvalue weighted by Gasteiger charge is -2.38. The van der Waals surface area contributed by atoms with E-state index >= 15 is 0 Å². The second-order valence-electron chi connectivity index (χ2n) is 6.71. The fourth-order valence-electron chi connectivity index (χ4n) is 3.28. The van der Waals surface area contributed by atoms with Crippen LogP contribution in [0.25, 0.3) is 10.9 Å². The summed E-state index contributed by atoms with van der Waals surface area (Å²) in [6.07, 6.45) is 1.71. The maximum atomic E-state index is 12.7. The molecule has 7 heteroatoms. The number of hydrogen-bond donors (Lipinski definition) is 2. The van der Waals surface area contributed by atoms with E-state index in [1.54, 1.807) is 35.4 Å². The zero-order valence-electron chi connectivity index (χ0n) is 15.3. The Labute approximate surface area is 161 Å². The van der Waals surface area contributed by atoms with E-state index in [9.17, 15) is 14.4 Å². The van der Waals surface area contributed by atoms with Gasteiger partial charge >= 0.3 is 5.97 Å². The number of rotatable bonds is 4. The highest BCUT2D eigenvalue weighted by Gasteiger charge is 2.36. The predicted molar refractivity (Wildman–Crippen MR) is 104 cm³/mol. The molecule has 1 aromatic heterocycles. The molecule has 0 atom stereocenters. The number of H-pyrrole nitrogens is 1. The molecule has 0 saturated carbocycles. The number of nitrogens with one attached hydrogen (secondary N) is 2. The first-order chi connectivity index (χ1) is 13.6. The van der Waals surface area contributed by atoms with Gasteiger partial charge in [0, 0.05) is 35.9 Å². The van der Waals surface area contributed by atoms with Crippen LogP contribution in [-0.4, -0.2) is 47.9 Å². The van der Waals surface area contributed by atoms with Gasteiger partial charge in [0.2, 0.25) is 5.91 Å². The SMILES string of the molecule is COC(=O)c1ccc(NC(=O)C2CN(C(=O)c3c[nH]c4ccccc34)C2)cc1. The Bertz CT molecular complexity index is 1050. The fourth-order valence-corrected chi connectivity index (χ4v) is 3.28. The van der Waals surface area contributed by atoms with Crippen LogP contribution in [-0.2, 0) is 9.53 Å². The molecular weight excluding hydrogens is 358 g/mol. The zero-order chi connectivity index (χ0) is 19.7. The number of fused-ring (bicyclic) bond motifs is 1. The average Bonchev–Trinajstić information content (AvgIpc) is 3.11. The van der Waals surface area contributed by atoms with Crippen LogP contribution >= 0.6 is 0 Å². The number of anilines is 1. The Morgan fingerprint density at radius 1 is 1.07 bits per heavy atom. The van der Waals surface area contributed by atoms with E-state index in [0.717, 1.165) is 10.9 Å². The third kappa shape index (κ3) is 3.22. The number of para-hydroxylation sites is 1. The van der Waals surface area contributed by atoms with Crippen molar-refractivity contribution in [2.75, 3.05) is 25.5 Å². The molecule has 1 aliphatic rings. The minimum absolute atomic E-state index is 0.0797.